The molecule has 0 aliphatic heterocycles. The first kappa shape index (κ1) is 64.8. The van der Waals surface area contributed by atoms with E-state index in [1.807, 2.05) is 0 Å². The molecular weight excluding hydrogens is 977 g/mol. The van der Waals surface area contributed by atoms with E-state index in [2.05, 4.69) is 53.2 Å². The summed E-state index contributed by atoms with van der Waals surface area (Å²) in [7, 11) is 0. The average molecular weight is 1060 g/mol. The molecule has 0 radical (unpaired) electrons. The van der Waals surface area contributed by atoms with Crippen molar-refractivity contribution in [1.82, 2.24) is 53.2 Å². The minimum atomic E-state index is -1.35. The molecule has 0 bridgehead atoms. The van der Waals surface area contributed by atoms with Crippen LogP contribution in [0.2, 0.25) is 0 Å². The van der Waals surface area contributed by atoms with E-state index in [0.29, 0.717) is 18.4 Å². The SMILES string of the molecule is CCNC(=O)C(NC(=O)[C@H](CCN)NC(=O)[C@H](CCN)NC(=O)[C@H](CC(C)C)NC(=O)[C@@H](Cc1ccccc1)NC(=O)[C@H](CCN)NC(=O)CNC(=O)[C@H](CCN)NC(=O)CNC(=O)C(O)C1CCCCC1)C(C)O. The van der Waals surface area contributed by atoms with Crippen molar-refractivity contribution in [3.63, 3.8) is 0 Å². The van der Waals surface area contributed by atoms with Crippen molar-refractivity contribution in [3.8, 4) is 0 Å². The van der Waals surface area contributed by atoms with Crippen LogP contribution in [0.1, 0.15) is 97.5 Å². The van der Waals surface area contributed by atoms with Gasteiger partial charge in [0.25, 0.3) is 0 Å². The number of nitrogens with two attached hydrogens (primary N) is 4. The van der Waals surface area contributed by atoms with Crippen molar-refractivity contribution in [2.24, 2.45) is 34.8 Å². The lowest BCUT2D eigenvalue weighted by Gasteiger charge is -2.28. The fourth-order valence-electron chi connectivity index (χ4n) is 8.25. The molecule has 1 aromatic carbocycles. The van der Waals surface area contributed by atoms with Crippen molar-refractivity contribution in [3.05, 3.63) is 35.9 Å². The molecule has 20 N–H and O–H groups in total. The molecule has 26 nitrogen and oxygen atoms in total. The summed E-state index contributed by atoms with van der Waals surface area (Å²) in [6.07, 6.45) is 1.32. The number of benzene rings is 1. The molecule has 75 heavy (non-hydrogen) atoms. The van der Waals surface area contributed by atoms with Gasteiger partial charge in [0.2, 0.25) is 59.1 Å². The van der Waals surface area contributed by atoms with Crippen LogP contribution in [0.4, 0.5) is 0 Å². The van der Waals surface area contributed by atoms with Gasteiger partial charge in [0.15, 0.2) is 0 Å². The van der Waals surface area contributed by atoms with Gasteiger partial charge in [0.05, 0.1) is 19.2 Å². The fraction of sp³-hybridized carbons (Fsp3) is 0.673. The lowest BCUT2D eigenvalue weighted by Crippen LogP contribution is -2.61. The lowest BCUT2D eigenvalue weighted by atomic mass is 9.85. The molecule has 0 heterocycles. The van der Waals surface area contributed by atoms with Crippen molar-refractivity contribution in [1.29, 1.82) is 0 Å². The van der Waals surface area contributed by atoms with Gasteiger partial charge < -0.3 is 86.3 Å². The predicted molar refractivity (Wildman–Crippen MR) is 277 cm³/mol. The summed E-state index contributed by atoms with van der Waals surface area (Å²) in [5, 5.41) is 45.9. The second-order valence-electron chi connectivity index (χ2n) is 19.0. The number of aliphatic hydroxyl groups is 2. The van der Waals surface area contributed by atoms with Crippen LogP contribution >= 0.6 is 0 Å². The number of carbonyl (C=O) groups excluding carboxylic acids is 10. The molecule has 1 aliphatic carbocycles. The summed E-state index contributed by atoms with van der Waals surface area (Å²) in [4.78, 5) is 133. The monoisotopic (exact) mass is 1060 g/mol. The van der Waals surface area contributed by atoms with Gasteiger partial charge in [0, 0.05) is 13.0 Å². The van der Waals surface area contributed by atoms with Crippen molar-refractivity contribution < 1.29 is 58.2 Å². The minimum absolute atomic E-state index is 0.0313. The summed E-state index contributed by atoms with van der Waals surface area (Å²) < 4.78 is 0. The zero-order chi connectivity index (χ0) is 56.0. The average Bonchev–Trinajstić information content (AvgIpc) is 3.37. The summed E-state index contributed by atoms with van der Waals surface area (Å²) in [5.41, 5.74) is 23.7. The molecule has 0 spiro atoms. The van der Waals surface area contributed by atoms with Crippen molar-refractivity contribution >= 4 is 59.1 Å². The molecule has 9 atom stereocenters. The van der Waals surface area contributed by atoms with Crippen LogP contribution in [-0.2, 0) is 54.4 Å². The number of aliphatic hydroxyl groups excluding tert-OH is 2. The maximum absolute atomic E-state index is 14.2. The molecule has 0 saturated heterocycles. The van der Waals surface area contributed by atoms with Gasteiger partial charge in [-0.1, -0.05) is 63.4 Å². The zero-order valence-corrected chi connectivity index (χ0v) is 43.8. The number of likely N-dealkylation sites (N-methyl/N-ethyl adjacent to an activating group) is 1. The van der Waals surface area contributed by atoms with Crippen LogP contribution in [0.25, 0.3) is 0 Å². The van der Waals surface area contributed by atoms with E-state index < -0.39 is 127 Å². The standard InChI is InChI=1S/C49H84N14O12/c1-5-54-48(74)40(29(4)64)63-45(71)35(19-23-53)59-44(70)34(18-22-52)60-46(72)36(24-28(2)3)61-47(73)37(25-30-12-8-6-9-13-30)62-43(69)33(17-21-51)58-38(65)26-55-42(68)32(16-20-50)57-39(66)27-56-49(75)41(67)31-14-10-7-11-15-31/h6,8-9,12-13,28-29,31-37,40-41,64,67H,5,7,10-11,14-27,50-53H2,1-4H3,(H,54,74)(H,55,68)(H,56,75)(H,57,66)(H,58,65)(H,59,70)(H,60,72)(H,61,73)(H,62,69)(H,63,71)/t29?,32-,33-,34-,35-,36-,37+,40?,41?/m0/s1. The number of amides is 10. The number of rotatable bonds is 34. The lowest BCUT2D eigenvalue weighted by molar-refractivity contribution is -0.136. The van der Waals surface area contributed by atoms with Gasteiger partial charge in [-0.2, -0.15) is 0 Å². The van der Waals surface area contributed by atoms with Crippen molar-refractivity contribution in [2.45, 2.75) is 153 Å². The molecule has 3 unspecified atom stereocenters. The maximum Gasteiger partial charge on any atom is 0.249 e. The summed E-state index contributed by atoms with van der Waals surface area (Å²) in [5.74, 6) is -8.16. The third-order valence-corrected chi connectivity index (χ3v) is 12.3. The highest BCUT2D eigenvalue weighted by Gasteiger charge is 2.35. The van der Waals surface area contributed by atoms with E-state index in [4.69, 9.17) is 22.9 Å². The Morgan fingerprint density at radius 3 is 1.39 bits per heavy atom. The molecule has 2 rings (SSSR count). The van der Waals surface area contributed by atoms with Gasteiger partial charge in [-0.25, -0.2) is 0 Å². The first-order valence-corrected chi connectivity index (χ1v) is 25.8. The molecule has 1 fully saturated rings. The highest BCUT2D eigenvalue weighted by Crippen LogP contribution is 2.26. The third kappa shape index (κ3) is 23.8. The Balaban J connectivity index is 2.21. The smallest absolute Gasteiger partial charge is 0.249 e. The second kappa shape index (κ2) is 35.0. The van der Waals surface area contributed by atoms with Crippen LogP contribution < -0.4 is 76.1 Å². The highest BCUT2D eigenvalue weighted by atomic mass is 16.3. The fourth-order valence-corrected chi connectivity index (χ4v) is 8.25. The largest absolute Gasteiger partial charge is 0.391 e. The van der Waals surface area contributed by atoms with Crippen LogP contribution in [0.5, 0.6) is 0 Å². The van der Waals surface area contributed by atoms with Crippen LogP contribution in [-0.4, -0.2) is 170 Å². The summed E-state index contributed by atoms with van der Waals surface area (Å²) >= 11 is 0. The Morgan fingerprint density at radius 2 is 0.920 bits per heavy atom. The molecule has 422 valence electrons. The van der Waals surface area contributed by atoms with E-state index in [9.17, 15) is 58.2 Å². The topological polar surface area (TPSA) is 436 Å². The zero-order valence-electron chi connectivity index (χ0n) is 43.8. The van der Waals surface area contributed by atoms with Gasteiger partial charge in [-0.3, -0.25) is 47.9 Å². The van der Waals surface area contributed by atoms with Gasteiger partial charge >= 0.3 is 0 Å². The van der Waals surface area contributed by atoms with E-state index in [0.717, 1.165) is 19.3 Å². The van der Waals surface area contributed by atoms with E-state index in [1.54, 1.807) is 51.1 Å². The van der Waals surface area contributed by atoms with E-state index >= 15 is 0 Å². The molecule has 0 aromatic heterocycles. The quantitative estimate of drug-likeness (QED) is 0.0307. The maximum atomic E-state index is 14.2. The van der Waals surface area contributed by atoms with Crippen LogP contribution in [0.15, 0.2) is 30.3 Å². The minimum Gasteiger partial charge on any atom is -0.391 e. The molecule has 10 amide bonds. The number of carbonyl (C=O) groups is 10. The van der Waals surface area contributed by atoms with Crippen LogP contribution in [0.3, 0.4) is 0 Å². The second-order valence-corrected chi connectivity index (χ2v) is 19.0. The Kier molecular flexibility index (Phi) is 30.3. The Morgan fingerprint density at radius 1 is 0.507 bits per heavy atom. The van der Waals surface area contributed by atoms with Gasteiger partial charge in [-0.05, 0) is 102 Å². The summed E-state index contributed by atoms with van der Waals surface area (Å²) in [6.45, 7) is 5.33. The van der Waals surface area contributed by atoms with Crippen molar-refractivity contribution in [2.75, 3.05) is 45.8 Å². The first-order chi connectivity index (χ1) is 35.7. The van der Waals surface area contributed by atoms with Gasteiger partial charge in [0.1, 0.15) is 48.4 Å². The van der Waals surface area contributed by atoms with E-state index in [-0.39, 0.29) is 83.1 Å². The van der Waals surface area contributed by atoms with Gasteiger partial charge in [-0.15, -0.1) is 0 Å². The number of nitrogens with one attached hydrogen (secondary N) is 10. The summed E-state index contributed by atoms with van der Waals surface area (Å²) in [6, 6.07) is -0.483. The number of hydrogen-bond donors (Lipinski definition) is 16. The van der Waals surface area contributed by atoms with E-state index in [1.165, 1.54) is 6.92 Å². The Hall–Kier alpha value is -6.32. The molecular formula is C49H84N14O12. The Bertz CT molecular complexity index is 2010. The van der Waals surface area contributed by atoms with Crippen LogP contribution in [0, 0.1) is 11.8 Å². The molecule has 26 heteroatoms. The Labute approximate surface area is 438 Å². The highest BCUT2D eigenvalue weighted by molar-refractivity contribution is 5.98. The molecule has 1 aliphatic rings. The molecule has 1 aromatic rings. The normalized spacial score (nSPS) is 16.1. The third-order valence-electron chi connectivity index (χ3n) is 12.3. The number of hydrogen-bond acceptors (Lipinski definition) is 16. The first-order valence-electron chi connectivity index (χ1n) is 25.8. The predicted octanol–water partition coefficient (Wildman–Crippen LogP) is -5.25. The molecule has 1 saturated carbocycles.